The number of carbonyl (C=O) groups excluding carboxylic acids is 1. The van der Waals surface area contributed by atoms with Gasteiger partial charge in [-0.25, -0.2) is 4.79 Å². The number of rotatable bonds is 7. The largest absolute Gasteiger partial charge is 0.478 e. The summed E-state index contributed by atoms with van der Waals surface area (Å²) in [6, 6.07) is 6.81. The molecule has 0 spiro atoms. The number of benzene rings is 1. The minimum Gasteiger partial charge on any atom is -0.478 e. The van der Waals surface area contributed by atoms with E-state index in [0.717, 1.165) is 12.8 Å². The van der Waals surface area contributed by atoms with Crippen LogP contribution in [0.5, 0.6) is 0 Å². The summed E-state index contributed by atoms with van der Waals surface area (Å²) in [7, 11) is 0. The van der Waals surface area contributed by atoms with E-state index in [2.05, 4.69) is 12.2 Å². The zero-order valence-corrected chi connectivity index (χ0v) is 12.4. The first-order chi connectivity index (χ1) is 9.35. The number of carbonyl (C=O) groups is 2. The molecule has 0 atom stereocenters. The highest BCUT2D eigenvalue weighted by molar-refractivity contribution is 5.89. The van der Waals surface area contributed by atoms with Crippen molar-refractivity contribution in [2.24, 2.45) is 0 Å². The first-order valence-electron chi connectivity index (χ1n) is 6.98. The second-order valence-corrected chi connectivity index (χ2v) is 5.64. The maximum absolute atomic E-state index is 11.9. The lowest BCUT2D eigenvalue weighted by atomic mass is 9.98. The van der Waals surface area contributed by atoms with Crippen molar-refractivity contribution < 1.29 is 14.7 Å². The molecule has 0 saturated heterocycles. The van der Waals surface area contributed by atoms with Gasteiger partial charge >= 0.3 is 5.97 Å². The van der Waals surface area contributed by atoms with Gasteiger partial charge in [0.15, 0.2) is 0 Å². The molecule has 1 amide bonds. The molecular weight excluding hydrogens is 254 g/mol. The van der Waals surface area contributed by atoms with E-state index in [9.17, 15) is 9.59 Å². The number of carboxylic acids is 1. The Morgan fingerprint density at radius 3 is 2.50 bits per heavy atom. The lowest BCUT2D eigenvalue weighted by molar-refractivity contribution is -0.122. The molecule has 0 bridgehead atoms. The molecule has 0 saturated carbocycles. The number of aromatic carboxylic acids is 1. The van der Waals surface area contributed by atoms with Gasteiger partial charge in [-0.2, -0.15) is 0 Å². The number of hydrogen-bond donors (Lipinski definition) is 2. The normalized spacial score (nSPS) is 11.2. The number of aryl methyl sites for hydroxylation is 1. The van der Waals surface area contributed by atoms with Crippen molar-refractivity contribution in [3.05, 3.63) is 35.4 Å². The van der Waals surface area contributed by atoms with E-state index in [0.29, 0.717) is 18.4 Å². The summed E-state index contributed by atoms with van der Waals surface area (Å²) in [6.07, 6.45) is 2.67. The third-order valence-electron chi connectivity index (χ3n) is 3.22. The minimum absolute atomic E-state index is 0.0383. The molecule has 1 rings (SSSR count). The van der Waals surface area contributed by atoms with Crippen LogP contribution in [0.1, 0.15) is 56.0 Å². The average molecular weight is 277 g/mol. The van der Waals surface area contributed by atoms with Gasteiger partial charge in [0.1, 0.15) is 0 Å². The van der Waals surface area contributed by atoms with E-state index in [1.165, 1.54) is 0 Å². The Kier molecular flexibility index (Phi) is 5.74. The van der Waals surface area contributed by atoms with Crippen LogP contribution in [0.15, 0.2) is 24.3 Å². The van der Waals surface area contributed by atoms with E-state index in [1.54, 1.807) is 24.3 Å². The molecule has 4 heteroatoms. The predicted octanol–water partition coefficient (Wildman–Crippen LogP) is 3.01. The summed E-state index contributed by atoms with van der Waals surface area (Å²) in [5.41, 5.74) is 0.759. The molecule has 1 aromatic carbocycles. The number of carboxylic acid groups (broad SMARTS) is 1. The summed E-state index contributed by atoms with van der Waals surface area (Å²) < 4.78 is 0. The Bertz CT molecular complexity index is 480. The van der Waals surface area contributed by atoms with Gasteiger partial charge in [-0.1, -0.05) is 31.5 Å². The van der Waals surface area contributed by atoms with Gasteiger partial charge in [-0.05, 0) is 38.3 Å². The maximum Gasteiger partial charge on any atom is 0.335 e. The fraction of sp³-hybridized carbons (Fsp3) is 0.500. The van der Waals surface area contributed by atoms with Gasteiger partial charge in [-0.15, -0.1) is 0 Å². The molecule has 0 radical (unpaired) electrons. The molecule has 4 nitrogen and oxygen atoms in total. The molecule has 0 aliphatic rings. The first kappa shape index (κ1) is 16.2. The molecule has 0 heterocycles. The molecule has 2 N–H and O–H groups in total. The van der Waals surface area contributed by atoms with Crippen molar-refractivity contribution in [2.45, 2.75) is 52.0 Å². The maximum atomic E-state index is 11.9. The monoisotopic (exact) mass is 277 g/mol. The lowest BCUT2D eigenvalue weighted by Gasteiger charge is -2.25. The minimum atomic E-state index is -0.952. The Morgan fingerprint density at radius 2 is 1.90 bits per heavy atom. The Hall–Kier alpha value is -1.84. The van der Waals surface area contributed by atoms with E-state index in [-0.39, 0.29) is 17.0 Å². The van der Waals surface area contributed by atoms with Crippen LogP contribution in [0, 0.1) is 0 Å². The summed E-state index contributed by atoms with van der Waals surface area (Å²) in [5.74, 6) is -0.990. The van der Waals surface area contributed by atoms with Crippen molar-refractivity contribution >= 4 is 11.9 Å². The third-order valence-corrected chi connectivity index (χ3v) is 3.22. The molecular formula is C16H23NO3. The van der Waals surface area contributed by atoms with Crippen LogP contribution in [0.25, 0.3) is 0 Å². The van der Waals surface area contributed by atoms with Crippen molar-refractivity contribution in [1.29, 1.82) is 0 Å². The Morgan fingerprint density at radius 1 is 1.25 bits per heavy atom. The van der Waals surface area contributed by atoms with Crippen LogP contribution in [0.3, 0.4) is 0 Å². The van der Waals surface area contributed by atoms with E-state index < -0.39 is 5.97 Å². The van der Waals surface area contributed by atoms with Crippen LogP contribution in [-0.4, -0.2) is 22.5 Å². The smallest absolute Gasteiger partial charge is 0.335 e. The van der Waals surface area contributed by atoms with Gasteiger partial charge in [-0.3, -0.25) is 4.79 Å². The second kappa shape index (κ2) is 7.08. The zero-order valence-electron chi connectivity index (χ0n) is 12.4. The second-order valence-electron chi connectivity index (χ2n) is 5.64. The molecule has 20 heavy (non-hydrogen) atoms. The van der Waals surface area contributed by atoms with Crippen LogP contribution in [-0.2, 0) is 11.2 Å². The highest BCUT2D eigenvalue weighted by Gasteiger charge is 2.19. The Labute approximate surface area is 120 Å². The molecule has 110 valence electrons. The van der Waals surface area contributed by atoms with Gasteiger partial charge in [0, 0.05) is 12.0 Å². The SMILES string of the molecule is CCCC(C)(C)NC(=O)CCc1ccccc1C(=O)O. The van der Waals surface area contributed by atoms with Crippen molar-refractivity contribution in [3.63, 3.8) is 0 Å². The van der Waals surface area contributed by atoms with Crippen molar-refractivity contribution in [1.82, 2.24) is 5.32 Å². The van der Waals surface area contributed by atoms with Gasteiger partial charge in [0.2, 0.25) is 5.91 Å². The standard InChI is InChI=1S/C16H23NO3/c1-4-11-16(2,3)17-14(18)10-9-12-7-5-6-8-13(12)15(19)20/h5-8H,4,9-11H2,1-3H3,(H,17,18)(H,19,20). The molecule has 0 fully saturated rings. The quantitative estimate of drug-likeness (QED) is 0.805. The van der Waals surface area contributed by atoms with Crippen molar-refractivity contribution in [2.75, 3.05) is 0 Å². The average Bonchev–Trinajstić information content (AvgIpc) is 2.35. The van der Waals surface area contributed by atoms with E-state index in [1.807, 2.05) is 13.8 Å². The van der Waals surface area contributed by atoms with Crippen LogP contribution < -0.4 is 5.32 Å². The van der Waals surface area contributed by atoms with Crippen molar-refractivity contribution in [3.8, 4) is 0 Å². The van der Waals surface area contributed by atoms with E-state index >= 15 is 0 Å². The highest BCUT2D eigenvalue weighted by Crippen LogP contribution is 2.13. The first-order valence-corrected chi connectivity index (χ1v) is 6.98. The number of amides is 1. The lowest BCUT2D eigenvalue weighted by Crippen LogP contribution is -2.43. The predicted molar refractivity (Wildman–Crippen MR) is 78.9 cm³/mol. The molecule has 0 aliphatic carbocycles. The van der Waals surface area contributed by atoms with Crippen LogP contribution in [0.2, 0.25) is 0 Å². The van der Waals surface area contributed by atoms with Gasteiger partial charge in [0.05, 0.1) is 5.56 Å². The number of hydrogen-bond acceptors (Lipinski definition) is 2. The third kappa shape index (κ3) is 5.03. The van der Waals surface area contributed by atoms with Gasteiger partial charge in [0.25, 0.3) is 0 Å². The summed E-state index contributed by atoms with van der Waals surface area (Å²) in [6.45, 7) is 6.08. The summed E-state index contributed by atoms with van der Waals surface area (Å²) >= 11 is 0. The fourth-order valence-electron chi connectivity index (χ4n) is 2.32. The fourth-order valence-corrected chi connectivity index (χ4v) is 2.32. The molecule has 1 aromatic rings. The van der Waals surface area contributed by atoms with Gasteiger partial charge < -0.3 is 10.4 Å². The van der Waals surface area contributed by atoms with Crippen LogP contribution in [0.4, 0.5) is 0 Å². The summed E-state index contributed by atoms with van der Waals surface area (Å²) in [4.78, 5) is 23.0. The number of nitrogens with one attached hydrogen (secondary N) is 1. The Balaban J connectivity index is 2.60. The topological polar surface area (TPSA) is 66.4 Å². The molecule has 0 unspecified atom stereocenters. The van der Waals surface area contributed by atoms with Crippen LogP contribution >= 0.6 is 0 Å². The van der Waals surface area contributed by atoms with E-state index in [4.69, 9.17) is 5.11 Å². The molecule has 0 aliphatic heterocycles. The highest BCUT2D eigenvalue weighted by atomic mass is 16.4. The summed E-state index contributed by atoms with van der Waals surface area (Å²) in [5, 5.41) is 12.1. The molecule has 0 aromatic heterocycles. The zero-order chi connectivity index (χ0) is 15.2.